The molecule has 2 atom stereocenters. The smallest absolute Gasteiger partial charge is 0.322 e. The van der Waals surface area contributed by atoms with Gasteiger partial charge in [0.2, 0.25) is 0 Å². The van der Waals surface area contributed by atoms with E-state index in [9.17, 15) is 23.6 Å². The second-order valence-electron chi connectivity index (χ2n) is 7.60. The molecule has 6 nitrogen and oxygen atoms in total. The molecule has 0 saturated carbocycles. The van der Waals surface area contributed by atoms with Crippen LogP contribution >= 0.6 is 0 Å². The van der Waals surface area contributed by atoms with Crippen LogP contribution in [-0.4, -0.2) is 23.5 Å². The van der Waals surface area contributed by atoms with Gasteiger partial charge in [0, 0.05) is 5.92 Å². The summed E-state index contributed by atoms with van der Waals surface area (Å²) in [7, 11) is 0. The SMILES string of the molecule is O=C1Oc2ccccc2C(=O)C1C(c1ccc(F)cc1)C1C(=O)Oc2ccccc2C1=O. The number of Topliss-reactive ketones (excluding diaryl/α,β-unsaturated/α-hetero) is 2. The summed E-state index contributed by atoms with van der Waals surface area (Å²) in [6.45, 7) is 0. The monoisotopic (exact) mass is 430 g/mol. The number of rotatable bonds is 3. The molecule has 2 aliphatic heterocycles. The molecule has 0 radical (unpaired) electrons. The number of halogens is 1. The minimum atomic E-state index is -1.48. The van der Waals surface area contributed by atoms with Gasteiger partial charge in [0.25, 0.3) is 0 Å². The van der Waals surface area contributed by atoms with E-state index in [2.05, 4.69) is 0 Å². The molecule has 0 fully saturated rings. The van der Waals surface area contributed by atoms with Gasteiger partial charge in [-0.15, -0.1) is 0 Å². The lowest BCUT2D eigenvalue weighted by atomic mass is 9.70. The van der Waals surface area contributed by atoms with Gasteiger partial charge in [-0.3, -0.25) is 19.2 Å². The van der Waals surface area contributed by atoms with E-state index in [-0.39, 0.29) is 28.2 Å². The Hall–Kier alpha value is -4.13. The fourth-order valence-corrected chi connectivity index (χ4v) is 4.29. The van der Waals surface area contributed by atoms with Crippen LogP contribution in [0.25, 0.3) is 0 Å². The van der Waals surface area contributed by atoms with Gasteiger partial charge in [-0.1, -0.05) is 36.4 Å². The number of carbonyl (C=O) groups is 4. The maximum Gasteiger partial charge on any atom is 0.322 e. The molecule has 0 N–H and O–H groups in total. The van der Waals surface area contributed by atoms with Crippen molar-refractivity contribution in [3.05, 3.63) is 95.3 Å². The maximum atomic E-state index is 13.6. The zero-order valence-corrected chi connectivity index (χ0v) is 16.5. The number of para-hydroxylation sites is 2. The van der Waals surface area contributed by atoms with Crippen LogP contribution < -0.4 is 9.47 Å². The first-order valence-electron chi connectivity index (χ1n) is 9.91. The molecule has 0 aromatic heterocycles. The van der Waals surface area contributed by atoms with E-state index in [4.69, 9.17) is 9.47 Å². The number of esters is 2. The summed E-state index contributed by atoms with van der Waals surface area (Å²) >= 11 is 0. The zero-order valence-electron chi connectivity index (χ0n) is 16.5. The van der Waals surface area contributed by atoms with E-state index < -0.39 is 47.1 Å². The first-order valence-corrected chi connectivity index (χ1v) is 9.91. The largest absolute Gasteiger partial charge is 0.425 e. The Morgan fingerprint density at radius 3 is 1.53 bits per heavy atom. The van der Waals surface area contributed by atoms with Gasteiger partial charge < -0.3 is 9.47 Å². The molecular weight excluding hydrogens is 415 g/mol. The average molecular weight is 430 g/mol. The van der Waals surface area contributed by atoms with Crippen molar-refractivity contribution in [2.24, 2.45) is 11.8 Å². The second kappa shape index (κ2) is 7.53. The molecule has 7 heteroatoms. The van der Waals surface area contributed by atoms with Gasteiger partial charge in [0.05, 0.1) is 11.1 Å². The zero-order chi connectivity index (χ0) is 22.4. The van der Waals surface area contributed by atoms with E-state index in [1.165, 1.54) is 36.4 Å². The Morgan fingerprint density at radius 2 is 1.06 bits per heavy atom. The Morgan fingerprint density at radius 1 is 0.625 bits per heavy atom. The summed E-state index contributed by atoms with van der Waals surface area (Å²) in [5, 5.41) is 0. The number of hydrogen-bond donors (Lipinski definition) is 0. The van der Waals surface area contributed by atoms with Gasteiger partial charge >= 0.3 is 11.9 Å². The molecule has 0 bridgehead atoms. The lowest BCUT2D eigenvalue weighted by molar-refractivity contribution is -0.142. The summed E-state index contributed by atoms with van der Waals surface area (Å²) in [4.78, 5) is 52.7. The lowest BCUT2D eigenvalue weighted by Gasteiger charge is -2.34. The lowest BCUT2D eigenvalue weighted by Crippen LogP contribution is -2.46. The van der Waals surface area contributed by atoms with Gasteiger partial charge in [-0.2, -0.15) is 0 Å². The van der Waals surface area contributed by atoms with Crippen molar-refractivity contribution in [2.75, 3.05) is 0 Å². The fraction of sp³-hybridized carbons (Fsp3) is 0.120. The van der Waals surface area contributed by atoms with E-state index in [0.717, 1.165) is 12.1 Å². The van der Waals surface area contributed by atoms with Crippen molar-refractivity contribution in [3.63, 3.8) is 0 Å². The number of ether oxygens (including phenoxy) is 2. The minimum Gasteiger partial charge on any atom is -0.425 e. The third-order valence-electron chi connectivity index (χ3n) is 5.77. The first-order chi connectivity index (χ1) is 15.5. The van der Waals surface area contributed by atoms with Gasteiger partial charge in [0.1, 0.15) is 29.2 Å². The standard InChI is InChI=1S/C25H15FO6/c26-14-11-9-13(10-12-14)19(20-22(27)15-5-1-3-7-17(15)31-24(20)29)21-23(28)16-6-2-4-8-18(16)32-25(21)30/h1-12,19-21H. The van der Waals surface area contributed by atoms with Crippen LogP contribution in [-0.2, 0) is 9.59 Å². The molecule has 0 saturated heterocycles. The molecule has 5 rings (SSSR count). The Balaban J connectivity index is 1.67. The third-order valence-corrected chi connectivity index (χ3v) is 5.77. The first kappa shape index (κ1) is 19.8. The van der Waals surface area contributed by atoms with Crippen LogP contribution in [0.5, 0.6) is 11.5 Å². The third kappa shape index (κ3) is 3.10. The number of benzene rings is 3. The topological polar surface area (TPSA) is 86.7 Å². The molecule has 2 aliphatic rings. The Labute approximate surface area is 181 Å². The van der Waals surface area contributed by atoms with Crippen LogP contribution in [0.2, 0.25) is 0 Å². The fourth-order valence-electron chi connectivity index (χ4n) is 4.29. The molecule has 158 valence electrons. The Kier molecular flexibility index (Phi) is 4.66. The number of hydrogen-bond acceptors (Lipinski definition) is 6. The van der Waals surface area contributed by atoms with Crippen molar-refractivity contribution < 1.29 is 33.0 Å². The molecular formula is C25H15FO6. The van der Waals surface area contributed by atoms with Crippen LogP contribution in [0.1, 0.15) is 32.2 Å². The van der Waals surface area contributed by atoms with Gasteiger partial charge in [-0.05, 0) is 42.0 Å². The van der Waals surface area contributed by atoms with Gasteiger partial charge in [-0.25, -0.2) is 4.39 Å². The quantitative estimate of drug-likeness (QED) is 0.357. The highest BCUT2D eigenvalue weighted by Crippen LogP contribution is 2.43. The van der Waals surface area contributed by atoms with E-state index in [1.54, 1.807) is 24.3 Å². The predicted molar refractivity (Wildman–Crippen MR) is 109 cm³/mol. The summed E-state index contributed by atoms with van der Waals surface area (Å²) in [6, 6.07) is 17.5. The summed E-state index contributed by atoms with van der Waals surface area (Å²) in [5.74, 6) is -7.46. The Bertz CT molecular complexity index is 1200. The number of carbonyl (C=O) groups excluding carboxylic acids is 4. The summed E-state index contributed by atoms with van der Waals surface area (Å²) in [5.41, 5.74) is 0.609. The van der Waals surface area contributed by atoms with Crippen molar-refractivity contribution in [1.82, 2.24) is 0 Å². The highest BCUT2D eigenvalue weighted by molar-refractivity contribution is 6.18. The van der Waals surface area contributed by atoms with Crippen molar-refractivity contribution in [3.8, 4) is 11.5 Å². The summed E-state index contributed by atoms with van der Waals surface area (Å²) in [6.07, 6.45) is 0. The molecule has 3 aromatic rings. The van der Waals surface area contributed by atoms with Crippen molar-refractivity contribution in [1.29, 1.82) is 0 Å². The van der Waals surface area contributed by atoms with E-state index in [1.807, 2.05) is 0 Å². The van der Waals surface area contributed by atoms with Crippen LogP contribution in [0.15, 0.2) is 72.8 Å². The van der Waals surface area contributed by atoms with Crippen molar-refractivity contribution >= 4 is 23.5 Å². The van der Waals surface area contributed by atoms with E-state index in [0.29, 0.717) is 0 Å². The minimum absolute atomic E-state index is 0.111. The highest BCUT2D eigenvalue weighted by atomic mass is 19.1. The molecule has 2 unspecified atom stereocenters. The highest BCUT2D eigenvalue weighted by Gasteiger charge is 2.52. The molecule has 3 aromatic carbocycles. The number of ketones is 2. The van der Waals surface area contributed by atoms with Crippen molar-refractivity contribution in [2.45, 2.75) is 5.92 Å². The normalized spacial score (nSPS) is 20.7. The van der Waals surface area contributed by atoms with E-state index >= 15 is 0 Å². The predicted octanol–water partition coefficient (Wildman–Crippen LogP) is 3.75. The maximum absolute atomic E-state index is 13.6. The second-order valence-corrected chi connectivity index (χ2v) is 7.60. The molecule has 0 amide bonds. The number of fused-ring (bicyclic) bond motifs is 2. The molecule has 32 heavy (non-hydrogen) atoms. The van der Waals surface area contributed by atoms with Gasteiger partial charge in [0.15, 0.2) is 11.6 Å². The molecule has 0 aliphatic carbocycles. The average Bonchev–Trinajstić information content (AvgIpc) is 2.78. The van der Waals surface area contributed by atoms with Crippen LogP contribution in [0, 0.1) is 17.7 Å². The van der Waals surface area contributed by atoms with Crippen LogP contribution in [0.3, 0.4) is 0 Å². The van der Waals surface area contributed by atoms with Crippen LogP contribution in [0.4, 0.5) is 4.39 Å². The molecule has 0 spiro atoms. The summed E-state index contributed by atoms with van der Waals surface area (Å²) < 4.78 is 24.4. The molecule has 2 heterocycles.